The third-order valence-electron chi connectivity index (χ3n) is 1.68. The van der Waals surface area contributed by atoms with E-state index in [0.717, 1.165) is 6.54 Å². The van der Waals surface area contributed by atoms with Gasteiger partial charge in [-0.2, -0.15) is 0 Å². The Morgan fingerprint density at radius 1 is 1.60 bits per heavy atom. The highest BCUT2D eigenvalue weighted by Crippen LogP contribution is 2.19. The lowest BCUT2D eigenvalue weighted by atomic mass is 10.2. The Balaban J connectivity index is 2.83. The molecular formula is C7H12N2S. The number of rotatable bonds is 2. The van der Waals surface area contributed by atoms with E-state index in [1.165, 1.54) is 16.0 Å². The van der Waals surface area contributed by atoms with Crippen molar-refractivity contribution in [2.24, 2.45) is 5.84 Å². The topological polar surface area (TPSA) is 38.0 Å². The first kappa shape index (κ1) is 7.72. The summed E-state index contributed by atoms with van der Waals surface area (Å²) in [7, 11) is 0. The molecule has 0 fully saturated rings. The van der Waals surface area contributed by atoms with Crippen molar-refractivity contribution in [3.63, 3.8) is 0 Å². The first-order valence-electron chi connectivity index (χ1n) is 3.22. The zero-order chi connectivity index (χ0) is 7.56. The van der Waals surface area contributed by atoms with Crippen LogP contribution in [0.3, 0.4) is 0 Å². The van der Waals surface area contributed by atoms with E-state index in [1.807, 2.05) is 0 Å². The van der Waals surface area contributed by atoms with Crippen molar-refractivity contribution < 1.29 is 0 Å². The van der Waals surface area contributed by atoms with Gasteiger partial charge in [0.05, 0.1) is 0 Å². The van der Waals surface area contributed by atoms with Crippen molar-refractivity contribution in [2.75, 3.05) is 0 Å². The summed E-state index contributed by atoms with van der Waals surface area (Å²) in [6.45, 7) is 5.02. The summed E-state index contributed by atoms with van der Waals surface area (Å²) in [5.74, 6) is 5.19. The molecule has 3 N–H and O–H groups in total. The van der Waals surface area contributed by atoms with E-state index in [9.17, 15) is 0 Å². The highest BCUT2D eigenvalue weighted by atomic mass is 32.1. The Labute approximate surface area is 65.0 Å². The SMILES string of the molecule is Cc1scc(CNN)c1C. The number of thiophene rings is 1. The maximum absolute atomic E-state index is 5.19. The van der Waals surface area contributed by atoms with Crippen LogP contribution in [0, 0.1) is 13.8 Å². The molecule has 1 aromatic rings. The molecule has 1 aromatic heterocycles. The van der Waals surface area contributed by atoms with Crippen LogP contribution >= 0.6 is 11.3 Å². The van der Waals surface area contributed by atoms with Gasteiger partial charge < -0.3 is 0 Å². The van der Waals surface area contributed by atoms with Gasteiger partial charge in [-0.25, -0.2) is 0 Å². The van der Waals surface area contributed by atoms with Crippen LogP contribution in [-0.4, -0.2) is 0 Å². The van der Waals surface area contributed by atoms with Gasteiger partial charge in [-0.3, -0.25) is 11.3 Å². The van der Waals surface area contributed by atoms with Crippen molar-refractivity contribution in [3.05, 3.63) is 21.4 Å². The van der Waals surface area contributed by atoms with Crippen LogP contribution in [0.4, 0.5) is 0 Å². The maximum Gasteiger partial charge on any atom is 0.0359 e. The molecule has 0 unspecified atom stereocenters. The number of hydrogen-bond acceptors (Lipinski definition) is 3. The predicted molar refractivity (Wildman–Crippen MR) is 44.8 cm³/mol. The second-order valence-electron chi connectivity index (χ2n) is 2.32. The lowest BCUT2D eigenvalue weighted by molar-refractivity contribution is 0.739. The standard InChI is InChI=1S/C7H12N2S/c1-5-6(2)10-4-7(5)3-9-8/h4,9H,3,8H2,1-2H3. The van der Waals surface area contributed by atoms with E-state index < -0.39 is 0 Å². The summed E-state index contributed by atoms with van der Waals surface area (Å²) >= 11 is 1.78. The molecule has 1 heterocycles. The van der Waals surface area contributed by atoms with Crippen LogP contribution in [0.2, 0.25) is 0 Å². The van der Waals surface area contributed by atoms with Crippen molar-refractivity contribution in [3.8, 4) is 0 Å². The van der Waals surface area contributed by atoms with Crippen LogP contribution in [0.1, 0.15) is 16.0 Å². The normalized spacial score (nSPS) is 10.3. The van der Waals surface area contributed by atoms with Gasteiger partial charge in [0.1, 0.15) is 0 Å². The minimum absolute atomic E-state index is 0.774. The van der Waals surface area contributed by atoms with E-state index in [-0.39, 0.29) is 0 Å². The van der Waals surface area contributed by atoms with Gasteiger partial charge in [-0.1, -0.05) is 0 Å². The fraction of sp³-hybridized carbons (Fsp3) is 0.429. The fourth-order valence-electron chi connectivity index (χ4n) is 0.847. The van der Waals surface area contributed by atoms with Gasteiger partial charge in [0.15, 0.2) is 0 Å². The molecule has 1 rings (SSSR count). The van der Waals surface area contributed by atoms with Crippen LogP contribution in [0.15, 0.2) is 5.38 Å². The first-order valence-corrected chi connectivity index (χ1v) is 4.10. The van der Waals surface area contributed by atoms with Gasteiger partial charge in [0, 0.05) is 11.4 Å². The molecule has 0 spiro atoms. The van der Waals surface area contributed by atoms with Gasteiger partial charge in [-0.05, 0) is 30.4 Å². The Kier molecular flexibility index (Phi) is 2.43. The van der Waals surface area contributed by atoms with Crippen LogP contribution in [-0.2, 0) is 6.54 Å². The summed E-state index contributed by atoms with van der Waals surface area (Å²) in [4.78, 5) is 1.38. The zero-order valence-corrected chi connectivity index (χ0v) is 7.09. The summed E-state index contributed by atoms with van der Waals surface area (Å²) in [6.07, 6.45) is 0. The van der Waals surface area contributed by atoms with Crippen LogP contribution in [0.25, 0.3) is 0 Å². The van der Waals surface area contributed by atoms with Crippen LogP contribution < -0.4 is 11.3 Å². The molecule has 56 valence electrons. The second-order valence-corrected chi connectivity index (χ2v) is 3.41. The van der Waals surface area contributed by atoms with E-state index in [2.05, 4.69) is 24.7 Å². The van der Waals surface area contributed by atoms with E-state index >= 15 is 0 Å². The minimum Gasteiger partial charge on any atom is -0.271 e. The fourth-order valence-corrected chi connectivity index (χ4v) is 1.73. The molecule has 0 saturated heterocycles. The van der Waals surface area contributed by atoms with Gasteiger partial charge >= 0.3 is 0 Å². The maximum atomic E-state index is 5.19. The zero-order valence-electron chi connectivity index (χ0n) is 6.27. The lowest BCUT2D eigenvalue weighted by Gasteiger charge is -1.96. The number of hydrazine groups is 1. The molecule has 0 aliphatic heterocycles. The molecule has 2 nitrogen and oxygen atoms in total. The minimum atomic E-state index is 0.774. The molecule has 0 aromatic carbocycles. The Bertz CT molecular complexity index is 217. The quantitative estimate of drug-likeness (QED) is 0.501. The molecule has 0 aliphatic rings. The number of nitrogens with two attached hydrogens (primary N) is 1. The molecule has 0 radical (unpaired) electrons. The summed E-state index contributed by atoms with van der Waals surface area (Å²) in [6, 6.07) is 0. The van der Waals surface area contributed by atoms with Crippen molar-refractivity contribution in [2.45, 2.75) is 20.4 Å². The monoisotopic (exact) mass is 156 g/mol. The third kappa shape index (κ3) is 1.37. The molecule has 0 aliphatic carbocycles. The van der Waals surface area contributed by atoms with E-state index in [1.54, 1.807) is 11.3 Å². The highest BCUT2D eigenvalue weighted by molar-refractivity contribution is 7.10. The molecular weight excluding hydrogens is 144 g/mol. The van der Waals surface area contributed by atoms with E-state index in [0.29, 0.717) is 0 Å². The molecule has 0 atom stereocenters. The summed E-state index contributed by atoms with van der Waals surface area (Å²) in [5.41, 5.74) is 5.32. The molecule has 0 amide bonds. The van der Waals surface area contributed by atoms with Gasteiger partial charge in [0.2, 0.25) is 0 Å². The van der Waals surface area contributed by atoms with Crippen molar-refractivity contribution in [1.82, 2.24) is 5.43 Å². The number of nitrogens with one attached hydrogen (secondary N) is 1. The smallest absolute Gasteiger partial charge is 0.0359 e. The highest BCUT2D eigenvalue weighted by Gasteiger charge is 2.00. The Morgan fingerprint density at radius 2 is 2.30 bits per heavy atom. The average molecular weight is 156 g/mol. The van der Waals surface area contributed by atoms with Gasteiger partial charge in [0.25, 0.3) is 0 Å². The summed E-state index contributed by atoms with van der Waals surface area (Å²) in [5, 5.41) is 2.14. The predicted octanol–water partition coefficient (Wildman–Crippen LogP) is 1.33. The molecule has 10 heavy (non-hydrogen) atoms. The third-order valence-corrected chi connectivity index (χ3v) is 2.74. The van der Waals surface area contributed by atoms with E-state index in [4.69, 9.17) is 5.84 Å². The molecule has 0 saturated carbocycles. The Hall–Kier alpha value is -0.380. The largest absolute Gasteiger partial charge is 0.271 e. The molecule has 0 bridgehead atoms. The number of aryl methyl sites for hydroxylation is 1. The number of hydrogen-bond donors (Lipinski definition) is 2. The van der Waals surface area contributed by atoms with Gasteiger partial charge in [-0.15, -0.1) is 11.3 Å². The second kappa shape index (κ2) is 3.14. The summed E-state index contributed by atoms with van der Waals surface area (Å²) < 4.78 is 0. The Morgan fingerprint density at radius 3 is 2.70 bits per heavy atom. The van der Waals surface area contributed by atoms with Crippen LogP contribution in [0.5, 0.6) is 0 Å². The lowest BCUT2D eigenvalue weighted by Crippen LogP contribution is -2.20. The van der Waals surface area contributed by atoms with Crippen molar-refractivity contribution in [1.29, 1.82) is 0 Å². The first-order chi connectivity index (χ1) is 4.75. The average Bonchev–Trinajstić information content (AvgIpc) is 2.20. The molecule has 3 heteroatoms. The van der Waals surface area contributed by atoms with Crippen molar-refractivity contribution >= 4 is 11.3 Å².